The third-order valence-electron chi connectivity index (χ3n) is 3.47. The first kappa shape index (κ1) is 18.0. The minimum absolute atomic E-state index is 0.133. The van der Waals surface area contributed by atoms with Crippen LogP contribution in [0.25, 0.3) is 0 Å². The average Bonchev–Trinajstić information content (AvgIpc) is 2.72. The van der Waals surface area contributed by atoms with Gasteiger partial charge in [0.05, 0.1) is 6.61 Å². The van der Waals surface area contributed by atoms with Crippen molar-refractivity contribution in [1.29, 1.82) is 0 Å². The van der Waals surface area contributed by atoms with Crippen LogP contribution in [-0.4, -0.2) is 71.6 Å². The van der Waals surface area contributed by atoms with Gasteiger partial charge in [-0.2, -0.15) is 0 Å². The maximum atomic E-state index is 12.8. The van der Waals surface area contributed by atoms with Crippen molar-refractivity contribution >= 4 is 11.6 Å². The number of hydrogen-bond acceptors (Lipinski definition) is 9. The van der Waals surface area contributed by atoms with Crippen LogP contribution in [0.15, 0.2) is 15.8 Å². The molecule has 6 N–H and O–H groups in total. The zero-order valence-electron chi connectivity index (χ0n) is 11.3. The minimum atomic E-state index is -3.31. The van der Waals surface area contributed by atoms with Gasteiger partial charge in [0.1, 0.15) is 17.2 Å². The Kier molecular flexibility index (Phi) is 4.62. The molecule has 1 aromatic rings. The maximum absolute atomic E-state index is 12.8. The number of nitrogens with zero attached hydrogens (tertiary/aromatic N) is 2. The number of H-pyrrole nitrogens is 1. The van der Waals surface area contributed by atoms with Gasteiger partial charge in [-0.05, 0) is 0 Å². The molecule has 11 nitrogen and oxygen atoms in total. The Labute approximate surface area is 131 Å². The van der Waals surface area contributed by atoms with Crippen LogP contribution in [0.3, 0.4) is 0 Å². The lowest BCUT2D eigenvalue weighted by Crippen LogP contribution is -2.68. The molecule has 13 heteroatoms. The second-order valence-corrected chi connectivity index (χ2v) is 5.15. The van der Waals surface area contributed by atoms with Crippen molar-refractivity contribution in [2.24, 2.45) is 0 Å². The van der Waals surface area contributed by atoms with Crippen molar-refractivity contribution in [3.63, 3.8) is 0 Å². The van der Waals surface area contributed by atoms with E-state index in [4.69, 9.17) is 21.4 Å². The Balaban J connectivity index is 2.73. The second kappa shape index (κ2) is 5.92. The van der Waals surface area contributed by atoms with Crippen molar-refractivity contribution in [3.8, 4) is 0 Å². The smallest absolute Gasteiger partial charge is 0.332 e. The molecule has 0 aliphatic carbocycles. The van der Waals surface area contributed by atoms with Crippen LogP contribution in [0.1, 0.15) is 0 Å². The standard InChI is InChI=1S/C10H13ClFN3O8/c11-4-1-14(8(19)13-7(4)18)10(21)9(20,15(22)3-12)6(17)5(2-16)23-10/h1,5-6,16-17,20-22H,2-3H2,(H,13,18,19)/t5-,6-,9-,10+/m1/s1. The summed E-state index contributed by atoms with van der Waals surface area (Å²) in [6.07, 6.45) is -3.40. The first-order chi connectivity index (χ1) is 10.6. The third kappa shape index (κ3) is 2.40. The van der Waals surface area contributed by atoms with Gasteiger partial charge in [-0.25, -0.2) is 13.8 Å². The van der Waals surface area contributed by atoms with Crippen molar-refractivity contribution in [2.45, 2.75) is 23.8 Å². The Hall–Kier alpha value is -1.38. The molecule has 0 amide bonds. The normalized spacial score (nSPS) is 34.3. The highest BCUT2D eigenvalue weighted by atomic mass is 35.5. The van der Waals surface area contributed by atoms with Gasteiger partial charge >= 0.3 is 11.6 Å². The number of alkyl halides is 1. The topological polar surface area (TPSA) is 168 Å². The molecule has 2 rings (SSSR count). The van der Waals surface area contributed by atoms with Gasteiger partial charge < -0.3 is 30.4 Å². The SMILES string of the molecule is O=c1[nH]c(=O)n([C@@]2(O)O[C@H](CO)[C@@H](O)[C@]2(O)N(O)CF)cc1Cl. The number of aromatic nitrogens is 2. The lowest BCUT2D eigenvalue weighted by Gasteiger charge is -2.40. The summed E-state index contributed by atoms with van der Waals surface area (Å²) in [5.41, 5.74) is -5.68. The largest absolute Gasteiger partial charge is 0.394 e. The van der Waals surface area contributed by atoms with Crippen molar-refractivity contribution < 1.29 is 34.8 Å². The summed E-state index contributed by atoms with van der Waals surface area (Å²) in [7, 11) is 0. The van der Waals surface area contributed by atoms with Crippen molar-refractivity contribution in [3.05, 3.63) is 32.1 Å². The Morgan fingerprint density at radius 2 is 2.09 bits per heavy atom. The summed E-state index contributed by atoms with van der Waals surface area (Å²) in [6, 6.07) is 0. The molecule has 130 valence electrons. The molecular weight excluding hydrogens is 345 g/mol. The molecule has 4 atom stereocenters. The van der Waals surface area contributed by atoms with Crippen LogP contribution >= 0.6 is 11.6 Å². The van der Waals surface area contributed by atoms with E-state index in [2.05, 4.69) is 0 Å². The fourth-order valence-corrected chi connectivity index (χ4v) is 2.41. The molecular formula is C10H13ClFN3O8. The van der Waals surface area contributed by atoms with Gasteiger partial charge in [0, 0.05) is 6.20 Å². The van der Waals surface area contributed by atoms with E-state index < -0.39 is 58.6 Å². The van der Waals surface area contributed by atoms with Gasteiger partial charge in [0.2, 0.25) is 5.72 Å². The highest BCUT2D eigenvalue weighted by molar-refractivity contribution is 6.30. The summed E-state index contributed by atoms with van der Waals surface area (Å²) >= 11 is 5.53. The summed E-state index contributed by atoms with van der Waals surface area (Å²) in [5, 5.41) is 48.3. The summed E-state index contributed by atoms with van der Waals surface area (Å²) in [6.45, 7) is -2.75. The van der Waals surface area contributed by atoms with Gasteiger partial charge in [-0.3, -0.25) is 9.78 Å². The van der Waals surface area contributed by atoms with Crippen LogP contribution in [0.5, 0.6) is 0 Å². The Bertz CT molecular complexity index is 712. The predicted molar refractivity (Wildman–Crippen MR) is 69.0 cm³/mol. The fourth-order valence-electron chi connectivity index (χ4n) is 2.27. The van der Waals surface area contributed by atoms with E-state index in [0.717, 1.165) is 0 Å². The highest BCUT2D eigenvalue weighted by Gasteiger charge is 2.70. The summed E-state index contributed by atoms with van der Waals surface area (Å²) in [5.74, 6) is -3.29. The van der Waals surface area contributed by atoms with E-state index in [9.17, 15) is 34.5 Å². The molecule has 1 aliphatic heterocycles. The molecule has 2 heterocycles. The van der Waals surface area contributed by atoms with Crippen molar-refractivity contribution in [2.75, 3.05) is 13.4 Å². The molecule has 1 saturated heterocycles. The van der Waals surface area contributed by atoms with E-state index >= 15 is 0 Å². The molecule has 0 radical (unpaired) electrons. The number of hydroxylamine groups is 2. The van der Waals surface area contributed by atoms with Crippen LogP contribution < -0.4 is 11.2 Å². The zero-order chi connectivity index (χ0) is 17.6. The quantitative estimate of drug-likeness (QED) is 0.185. The van der Waals surface area contributed by atoms with Crippen molar-refractivity contribution in [1.82, 2.24) is 14.6 Å². The molecule has 1 aromatic heterocycles. The number of aliphatic hydroxyl groups is 4. The number of aromatic amines is 1. The predicted octanol–water partition coefficient (Wildman–Crippen LogP) is -3.15. The fraction of sp³-hybridized carbons (Fsp3) is 0.600. The first-order valence-electron chi connectivity index (χ1n) is 6.09. The second-order valence-electron chi connectivity index (χ2n) is 4.74. The zero-order valence-corrected chi connectivity index (χ0v) is 12.0. The number of ether oxygens (including phenoxy) is 1. The molecule has 1 fully saturated rings. The third-order valence-corrected chi connectivity index (χ3v) is 3.74. The number of rotatable bonds is 4. The van der Waals surface area contributed by atoms with Gasteiger partial charge in [0.25, 0.3) is 5.56 Å². The van der Waals surface area contributed by atoms with E-state index in [1.807, 2.05) is 0 Å². The molecule has 23 heavy (non-hydrogen) atoms. The molecule has 0 aromatic carbocycles. The molecule has 0 unspecified atom stereocenters. The number of aliphatic hydroxyl groups excluding tert-OH is 2. The van der Waals surface area contributed by atoms with Gasteiger partial charge in [-0.1, -0.05) is 11.6 Å². The minimum Gasteiger partial charge on any atom is -0.394 e. The van der Waals surface area contributed by atoms with Crippen LogP contribution in [0.4, 0.5) is 4.39 Å². The molecule has 0 spiro atoms. The van der Waals surface area contributed by atoms with Gasteiger partial charge in [-0.15, -0.1) is 5.06 Å². The lowest BCUT2D eigenvalue weighted by atomic mass is 10.0. The van der Waals surface area contributed by atoms with E-state index in [-0.39, 0.29) is 4.57 Å². The first-order valence-corrected chi connectivity index (χ1v) is 6.47. The van der Waals surface area contributed by atoms with E-state index in [0.29, 0.717) is 6.20 Å². The van der Waals surface area contributed by atoms with Gasteiger partial charge in [0.15, 0.2) is 6.80 Å². The number of hydrogen-bond donors (Lipinski definition) is 6. The molecule has 1 aliphatic rings. The summed E-state index contributed by atoms with van der Waals surface area (Å²) < 4.78 is 17.8. The lowest BCUT2D eigenvalue weighted by molar-refractivity contribution is -0.416. The highest BCUT2D eigenvalue weighted by Crippen LogP contribution is 2.42. The van der Waals surface area contributed by atoms with E-state index in [1.165, 1.54) is 0 Å². The molecule has 0 bridgehead atoms. The van der Waals surface area contributed by atoms with Crippen LogP contribution in [0, 0.1) is 0 Å². The van der Waals surface area contributed by atoms with Crippen LogP contribution in [0.2, 0.25) is 5.02 Å². The van der Waals surface area contributed by atoms with E-state index in [1.54, 1.807) is 4.98 Å². The number of nitrogens with one attached hydrogen (secondary N) is 1. The Morgan fingerprint density at radius 3 is 2.61 bits per heavy atom. The Morgan fingerprint density at radius 1 is 1.48 bits per heavy atom. The summed E-state index contributed by atoms with van der Waals surface area (Å²) in [4.78, 5) is 24.8. The molecule has 0 saturated carbocycles. The van der Waals surface area contributed by atoms with Crippen LogP contribution in [-0.2, 0) is 10.6 Å². The number of halogens is 2. The monoisotopic (exact) mass is 357 g/mol. The maximum Gasteiger partial charge on any atom is 0.332 e. The average molecular weight is 358 g/mol.